The van der Waals surface area contributed by atoms with Crippen LogP contribution < -0.4 is 0 Å². The molecule has 0 fully saturated rings. The zero-order valence-corrected chi connectivity index (χ0v) is 15.6. The molecule has 0 radical (unpaired) electrons. The minimum atomic E-state index is -2.96. The number of carbonyl (C=O) groups is 1. The van der Waals surface area contributed by atoms with Crippen molar-refractivity contribution in [2.24, 2.45) is 0 Å². The van der Waals surface area contributed by atoms with Gasteiger partial charge in [-0.15, -0.1) is 0 Å². The molecular weight excluding hydrogens is 336 g/mol. The van der Waals surface area contributed by atoms with Gasteiger partial charge in [0.1, 0.15) is 9.84 Å². The lowest BCUT2D eigenvalue weighted by Gasteiger charge is -2.12. The molecule has 6 heteroatoms. The fourth-order valence-corrected chi connectivity index (χ4v) is 3.66. The van der Waals surface area contributed by atoms with Crippen molar-refractivity contribution in [2.45, 2.75) is 33.1 Å². The van der Waals surface area contributed by atoms with Crippen molar-refractivity contribution in [1.82, 2.24) is 4.57 Å². The molecule has 0 N–H and O–H groups in total. The van der Waals surface area contributed by atoms with Gasteiger partial charge in [0.25, 0.3) is 0 Å². The van der Waals surface area contributed by atoms with Crippen molar-refractivity contribution in [1.29, 1.82) is 5.26 Å². The van der Waals surface area contributed by atoms with Gasteiger partial charge in [-0.05, 0) is 63.4 Å². The molecule has 2 aromatic rings. The largest absolute Gasteiger partial charge is 0.317 e. The Hall–Kier alpha value is -2.39. The molecule has 1 aromatic carbocycles. The predicted octanol–water partition coefficient (Wildman–Crippen LogP) is 3.23. The number of ketones is 1. The summed E-state index contributed by atoms with van der Waals surface area (Å²) in [6.45, 7) is 3.44. The molecule has 0 saturated carbocycles. The number of hydrogen-bond donors (Lipinski definition) is 0. The first-order valence-electron chi connectivity index (χ1n) is 8.13. The van der Waals surface area contributed by atoms with Gasteiger partial charge < -0.3 is 4.57 Å². The van der Waals surface area contributed by atoms with Crippen LogP contribution in [-0.2, 0) is 16.3 Å². The SMILES string of the molecule is CC(=O)c1cc(CCCCS(C)(=O)=O)n(-c2ccc(C#N)cc2)c1C. The fraction of sp³-hybridized carbons (Fsp3) is 0.368. The monoisotopic (exact) mass is 358 g/mol. The molecule has 132 valence electrons. The van der Waals surface area contributed by atoms with Gasteiger partial charge in [-0.25, -0.2) is 8.42 Å². The molecule has 0 amide bonds. The molecule has 1 heterocycles. The van der Waals surface area contributed by atoms with E-state index in [0.717, 1.165) is 23.5 Å². The smallest absolute Gasteiger partial charge is 0.161 e. The Morgan fingerprint density at radius 3 is 2.36 bits per heavy atom. The molecule has 0 saturated heterocycles. The maximum atomic E-state index is 11.9. The second-order valence-electron chi connectivity index (χ2n) is 6.27. The lowest BCUT2D eigenvalue weighted by Crippen LogP contribution is -2.06. The van der Waals surface area contributed by atoms with Crippen LogP contribution in [0.3, 0.4) is 0 Å². The van der Waals surface area contributed by atoms with E-state index in [2.05, 4.69) is 6.07 Å². The van der Waals surface area contributed by atoms with Crippen LogP contribution in [0.1, 0.15) is 47.1 Å². The Morgan fingerprint density at radius 2 is 1.84 bits per heavy atom. The third-order valence-electron chi connectivity index (χ3n) is 4.16. The van der Waals surface area contributed by atoms with Crippen LogP contribution in [0.4, 0.5) is 0 Å². The van der Waals surface area contributed by atoms with Crippen LogP contribution in [0.2, 0.25) is 0 Å². The van der Waals surface area contributed by atoms with Gasteiger partial charge in [0.15, 0.2) is 5.78 Å². The summed E-state index contributed by atoms with van der Waals surface area (Å²) >= 11 is 0. The van der Waals surface area contributed by atoms with E-state index in [-0.39, 0.29) is 11.5 Å². The van der Waals surface area contributed by atoms with E-state index >= 15 is 0 Å². The number of carbonyl (C=O) groups excluding carboxylic acids is 1. The Labute approximate surface area is 148 Å². The number of unbranched alkanes of at least 4 members (excludes halogenated alkanes) is 1. The van der Waals surface area contributed by atoms with E-state index in [4.69, 9.17) is 5.26 Å². The molecule has 0 aliphatic heterocycles. The first kappa shape index (κ1) is 18.9. The molecule has 1 aromatic heterocycles. The topological polar surface area (TPSA) is 79.9 Å². The van der Waals surface area contributed by atoms with Crippen LogP contribution in [0.25, 0.3) is 5.69 Å². The Bertz CT molecular complexity index is 917. The van der Waals surface area contributed by atoms with Crippen molar-refractivity contribution in [3.05, 3.63) is 52.8 Å². The fourth-order valence-electron chi connectivity index (χ4n) is 2.93. The van der Waals surface area contributed by atoms with Crippen LogP contribution >= 0.6 is 0 Å². The molecule has 0 spiro atoms. The summed E-state index contributed by atoms with van der Waals surface area (Å²) in [5.74, 6) is 0.172. The van der Waals surface area contributed by atoms with Gasteiger partial charge in [0, 0.05) is 34.6 Å². The second kappa shape index (κ2) is 7.66. The molecule has 0 atom stereocenters. The Kier molecular flexibility index (Phi) is 5.81. The highest BCUT2D eigenvalue weighted by Crippen LogP contribution is 2.23. The van der Waals surface area contributed by atoms with Crippen molar-refractivity contribution in [3.8, 4) is 11.8 Å². The van der Waals surface area contributed by atoms with Gasteiger partial charge >= 0.3 is 0 Å². The minimum Gasteiger partial charge on any atom is -0.317 e. The maximum absolute atomic E-state index is 11.9. The Morgan fingerprint density at radius 1 is 1.20 bits per heavy atom. The summed E-state index contributed by atoms with van der Waals surface area (Å²) in [5.41, 5.74) is 3.97. The van der Waals surface area contributed by atoms with E-state index in [9.17, 15) is 13.2 Å². The average Bonchev–Trinajstić information content (AvgIpc) is 2.87. The zero-order chi connectivity index (χ0) is 18.6. The van der Waals surface area contributed by atoms with Crippen molar-refractivity contribution in [3.63, 3.8) is 0 Å². The van der Waals surface area contributed by atoms with E-state index in [1.54, 1.807) is 19.1 Å². The number of aryl methyl sites for hydroxylation is 1. The van der Waals surface area contributed by atoms with Gasteiger partial charge in [0.2, 0.25) is 0 Å². The second-order valence-corrected chi connectivity index (χ2v) is 8.53. The first-order chi connectivity index (χ1) is 11.7. The lowest BCUT2D eigenvalue weighted by molar-refractivity contribution is 0.101. The van der Waals surface area contributed by atoms with Gasteiger partial charge in [0.05, 0.1) is 11.6 Å². The number of benzene rings is 1. The molecule has 25 heavy (non-hydrogen) atoms. The minimum absolute atomic E-state index is 0.00211. The molecule has 0 unspecified atom stereocenters. The number of sulfone groups is 1. The summed E-state index contributed by atoms with van der Waals surface area (Å²) in [6, 6.07) is 11.2. The highest BCUT2D eigenvalue weighted by molar-refractivity contribution is 7.90. The normalized spacial score (nSPS) is 11.3. The third kappa shape index (κ3) is 4.80. The molecule has 2 rings (SSSR count). The van der Waals surface area contributed by atoms with E-state index < -0.39 is 9.84 Å². The molecule has 5 nitrogen and oxygen atoms in total. The summed E-state index contributed by atoms with van der Waals surface area (Å²) in [6.07, 6.45) is 3.24. The summed E-state index contributed by atoms with van der Waals surface area (Å²) in [5, 5.41) is 8.94. The number of hydrogen-bond acceptors (Lipinski definition) is 4. The van der Waals surface area contributed by atoms with Gasteiger partial charge in [-0.3, -0.25) is 4.79 Å². The van der Waals surface area contributed by atoms with E-state index in [1.165, 1.54) is 6.26 Å². The maximum Gasteiger partial charge on any atom is 0.161 e. The number of Topliss-reactive ketones (excluding diaryl/α,β-unsaturated/α-hetero) is 1. The highest BCUT2D eigenvalue weighted by Gasteiger charge is 2.16. The number of nitrogens with zero attached hydrogens (tertiary/aromatic N) is 2. The van der Waals surface area contributed by atoms with Gasteiger partial charge in [-0.1, -0.05) is 0 Å². The number of aromatic nitrogens is 1. The van der Waals surface area contributed by atoms with Gasteiger partial charge in [-0.2, -0.15) is 5.26 Å². The number of rotatable bonds is 7. The number of nitriles is 1. The van der Waals surface area contributed by atoms with Crippen molar-refractivity contribution >= 4 is 15.6 Å². The molecule has 0 aliphatic rings. The summed E-state index contributed by atoms with van der Waals surface area (Å²) in [4.78, 5) is 11.9. The predicted molar refractivity (Wildman–Crippen MR) is 97.9 cm³/mol. The quantitative estimate of drug-likeness (QED) is 0.562. The summed E-state index contributed by atoms with van der Waals surface area (Å²) in [7, 11) is -2.96. The highest BCUT2D eigenvalue weighted by atomic mass is 32.2. The average molecular weight is 358 g/mol. The van der Waals surface area contributed by atoms with E-state index in [0.29, 0.717) is 24.0 Å². The van der Waals surface area contributed by atoms with E-state index in [1.807, 2.05) is 29.7 Å². The van der Waals surface area contributed by atoms with Crippen molar-refractivity contribution < 1.29 is 13.2 Å². The first-order valence-corrected chi connectivity index (χ1v) is 10.2. The van der Waals surface area contributed by atoms with Crippen LogP contribution in [0, 0.1) is 18.3 Å². The van der Waals surface area contributed by atoms with Crippen LogP contribution in [-0.4, -0.2) is 30.8 Å². The summed E-state index contributed by atoms with van der Waals surface area (Å²) < 4.78 is 24.5. The van der Waals surface area contributed by atoms with Crippen LogP contribution in [0.5, 0.6) is 0 Å². The molecule has 0 aliphatic carbocycles. The molecular formula is C19H22N2O3S. The lowest BCUT2D eigenvalue weighted by atomic mass is 10.1. The van der Waals surface area contributed by atoms with Crippen LogP contribution in [0.15, 0.2) is 30.3 Å². The zero-order valence-electron chi connectivity index (χ0n) is 14.7. The van der Waals surface area contributed by atoms with Crippen molar-refractivity contribution in [2.75, 3.05) is 12.0 Å². The third-order valence-corrected chi connectivity index (χ3v) is 5.19. The standard InChI is InChI=1S/C19H22N2O3S/c1-14-19(15(2)22)12-18(6-4-5-11-25(3,23)24)21(14)17-9-7-16(13-20)8-10-17/h7-10,12H,4-6,11H2,1-3H3. The molecule has 0 bridgehead atoms. The Balaban J connectivity index is 2.32.